The van der Waals surface area contributed by atoms with Crippen LogP contribution in [0.4, 0.5) is 0 Å². The molecule has 0 saturated carbocycles. The van der Waals surface area contributed by atoms with Crippen molar-refractivity contribution in [3.8, 4) is 0 Å². The molecule has 0 saturated heterocycles. The second-order valence-electron chi connectivity index (χ2n) is 0.938. The normalized spacial score (nSPS) is 9.08. The van der Waals surface area contributed by atoms with Gasteiger partial charge in [-0.15, -0.1) is 0 Å². The fourth-order valence-corrected chi connectivity index (χ4v) is 0. The van der Waals surface area contributed by atoms with Crippen LogP contribution in [0.1, 0.15) is 2.85 Å². The van der Waals surface area contributed by atoms with Crippen molar-refractivity contribution in [2.75, 3.05) is 0 Å². The van der Waals surface area contributed by atoms with Crippen LogP contribution in [0.25, 0.3) is 0 Å². The van der Waals surface area contributed by atoms with E-state index in [0.29, 0.717) is 0 Å². The first-order valence-electron chi connectivity index (χ1n) is 1.50. The van der Waals surface area contributed by atoms with E-state index < -0.39 is 15.6 Å². The van der Waals surface area contributed by atoms with E-state index in [9.17, 15) is 0 Å². The molecule has 66 valence electrons. The molecular weight excluding hydrogens is 307 g/mol. The van der Waals surface area contributed by atoms with Gasteiger partial charge in [0.15, 0.2) is 0 Å². The van der Waals surface area contributed by atoms with E-state index in [1.807, 2.05) is 0 Å². The Balaban J connectivity index is -0.0000000128. The molecule has 0 bridgehead atoms. The van der Waals surface area contributed by atoms with Crippen LogP contribution in [0.5, 0.6) is 0 Å². The summed E-state index contributed by atoms with van der Waals surface area (Å²) in [6.07, 6.45) is 0. The molecule has 0 aliphatic heterocycles. The molecule has 0 aromatic heterocycles. The van der Waals surface area contributed by atoms with Gasteiger partial charge in [0.05, 0.1) is 0 Å². The van der Waals surface area contributed by atoms with Crippen LogP contribution in [0.15, 0.2) is 0 Å². The molecule has 0 heterocycles. The zero-order valence-electron chi connectivity index (χ0n) is 8.24. The Morgan fingerprint density at radius 3 is 0.923 bits per heavy atom. The minimum atomic E-state index is -5.39. The van der Waals surface area contributed by atoms with Gasteiger partial charge in [-0.1, -0.05) is 0 Å². The van der Waals surface area contributed by atoms with Crippen LogP contribution in [-0.2, 0) is 9.13 Å². The summed E-state index contributed by atoms with van der Waals surface area (Å²) >= 11 is 0. The Bertz CT molecular complexity index is 138. The van der Waals surface area contributed by atoms with Crippen molar-refractivity contribution in [1.29, 1.82) is 0 Å². The first kappa shape index (κ1) is 30.9. The Labute approximate surface area is 205 Å². The quantitative estimate of drug-likeness (QED) is 0.328. The molecule has 13 heteroatoms. The van der Waals surface area contributed by atoms with Gasteiger partial charge in [-0.25, -0.2) is 0 Å². The molecule has 0 atom stereocenters. The first-order chi connectivity index (χ1) is 4.00. The molecule has 0 aromatic carbocycles. The summed E-state index contributed by atoms with van der Waals surface area (Å²) in [6, 6.07) is 0. The van der Waals surface area contributed by atoms with Gasteiger partial charge >= 0.3 is 157 Å². The standard InChI is InChI=1S/3K.2H3O4P.H/c;;;2*1-5(2,3)4;/h;;;2*(H3,1,2,3,4);/q;2*+1;;;/p-2. The Hall–Kier alpha value is 5.13. The van der Waals surface area contributed by atoms with Gasteiger partial charge < -0.3 is 33.9 Å². The number of hydrogen-bond acceptors (Lipinski definition) is 6. The zero-order chi connectivity index (χ0) is 9.00. The van der Waals surface area contributed by atoms with Crippen LogP contribution < -0.4 is 122 Å². The fourth-order valence-electron chi connectivity index (χ4n) is 0. The maximum atomic E-state index is 8.77. The van der Waals surface area contributed by atoms with Crippen LogP contribution in [0.3, 0.4) is 0 Å². The third-order valence-electron chi connectivity index (χ3n) is 0. The number of rotatable bonds is 0. The molecule has 8 nitrogen and oxygen atoms in total. The first-order valence-corrected chi connectivity index (χ1v) is 4.49. The van der Waals surface area contributed by atoms with Gasteiger partial charge in [-0.05, 0) is 0 Å². The summed E-state index contributed by atoms with van der Waals surface area (Å²) in [5.41, 5.74) is 0. The average molecular weight is 312 g/mol. The summed E-state index contributed by atoms with van der Waals surface area (Å²) in [4.78, 5) is 48.6. The Morgan fingerprint density at radius 2 is 0.923 bits per heavy atom. The van der Waals surface area contributed by atoms with Crippen molar-refractivity contribution < 1.29 is 144 Å². The van der Waals surface area contributed by atoms with E-state index in [0.717, 1.165) is 0 Å². The summed E-state index contributed by atoms with van der Waals surface area (Å²) in [7, 11) is -10.3. The van der Waals surface area contributed by atoms with Gasteiger partial charge in [0.2, 0.25) is 0 Å². The predicted octanol–water partition coefficient (Wildman–Crippen LogP) is -10.8. The molecule has 0 rings (SSSR count). The number of phosphoric acid groups is 2. The average Bonchev–Trinajstić information content (AvgIpc) is 1.12. The van der Waals surface area contributed by atoms with Gasteiger partial charge in [0.25, 0.3) is 7.82 Å². The van der Waals surface area contributed by atoms with Crippen molar-refractivity contribution in [2.45, 2.75) is 0 Å². The third-order valence-corrected chi connectivity index (χ3v) is 0. The number of hydrogen-bond donors (Lipinski definition) is 2. The van der Waals surface area contributed by atoms with E-state index in [1.54, 1.807) is 0 Å². The Kier molecular flexibility index (Phi) is 36.1. The molecule has 0 fully saturated rings. The van der Waals surface area contributed by atoms with Crippen LogP contribution in [0, 0.1) is 0 Å². The Morgan fingerprint density at radius 1 is 0.923 bits per heavy atom. The second-order valence-corrected chi connectivity index (χ2v) is 2.81. The fraction of sp³-hybridized carbons (Fsp3) is 0. The van der Waals surface area contributed by atoms with E-state index in [2.05, 4.69) is 0 Å². The summed E-state index contributed by atoms with van der Waals surface area (Å²) in [5.74, 6) is 0. The third kappa shape index (κ3) is 149. The minimum absolute atomic E-state index is 0. The second kappa shape index (κ2) is 15.2. The molecule has 13 heavy (non-hydrogen) atoms. The summed E-state index contributed by atoms with van der Waals surface area (Å²) in [6.45, 7) is 0. The summed E-state index contributed by atoms with van der Waals surface area (Å²) in [5, 5.41) is 0. The van der Waals surface area contributed by atoms with Gasteiger partial charge in [-0.2, -0.15) is 7.82 Å². The van der Waals surface area contributed by atoms with E-state index in [1.165, 1.54) is 0 Å². The van der Waals surface area contributed by atoms with Crippen LogP contribution in [0.2, 0.25) is 0 Å². The molecule has 0 spiro atoms. The van der Waals surface area contributed by atoms with Crippen LogP contribution in [-0.4, -0.2) is 61.2 Å². The van der Waals surface area contributed by atoms with E-state index in [-0.39, 0.29) is 157 Å². The SMILES string of the molecule is O=P([O-])(O)O.O=P([O-])([O-])[O-].[H+].[H+].[K+].[K+].[KH]. The summed E-state index contributed by atoms with van der Waals surface area (Å²) < 4.78 is 17.3. The molecule has 0 unspecified atom stereocenters. The van der Waals surface area contributed by atoms with Gasteiger partial charge in [0, 0.05) is 0 Å². The van der Waals surface area contributed by atoms with Crippen molar-refractivity contribution >= 4 is 67.0 Å². The van der Waals surface area contributed by atoms with Crippen LogP contribution >= 0.6 is 15.6 Å². The molecular formula is H5K3O8P2. The van der Waals surface area contributed by atoms with E-state index in [4.69, 9.17) is 38.5 Å². The molecule has 0 amide bonds. The van der Waals surface area contributed by atoms with Crippen molar-refractivity contribution in [1.82, 2.24) is 0 Å². The predicted molar refractivity (Wildman–Crippen MR) is 29.0 cm³/mol. The van der Waals surface area contributed by atoms with E-state index >= 15 is 0 Å². The van der Waals surface area contributed by atoms with Gasteiger partial charge in [0.1, 0.15) is 0 Å². The molecule has 2 N–H and O–H groups in total. The zero-order valence-corrected chi connectivity index (χ0v) is 14.3. The monoisotopic (exact) mass is 312 g/mol. The molecule has 0 radical (unpaired) electrons. The topological polar surface area (TPSA) is 167 Å². The van der Waals surface area contributed by atoms with Crippen molar-refractivity contribution in [3.63, 3.8) is 0 Å². The maximum absolute atomic E-state index is 8.77. The molecule has 0 aliphatic rings. The van der Waals surface area contributed by atoms with Crippen molar-refractivity contribution in [2.24, 2.45) is 0 Å². The van der Waals surface area contributed by atoms with Crippen molar-refractivity contribution in [3.05, 3.63) is 0 Å². The molecule has 0 aliphatic carbocycles. The van der Waals surface area contributed by atoms with Gasteiger partial charge in [-0.3, -0.25) is 4.57 Å². The molecule has 0 aromatic rings.